The van der Waals surface area contributed by atoms with Crippen LogP contribution in [0.1, 0.15) is 20.7 Å². The number of carbonyl (C=O) groups excluding carboxylic acids is 2. The van der Waals surface area contributed by atoms with E-state index in [-0.39, 0.29) is 11.4 Å². The largest absolute Gasteiger partial charge is 0.271 e. The lowest BCUT2D eigenvalue weighted by Crippen LogP contribution is -2.29. The van der Waals surface area contributed by atoms with Crippen molar-refractivity contribution in [3.63, 3.8) is 0 Å². The van der Waals surface area contributed by atoms with E-state index in [1.54, 1.807) is 12.1 Å². The Hall–Kier alpha value is -3.54. The number of nitrogens with zero attached hydrogens (tertiary/aromatic N) is 2. The molecule has 1 aliphatic rings. The Kier molecular flexibility index (Phi) is 2.93. The fraction of sp³-hybridized carbons (Fsp3) is 0. The molecule has 0 aromatic heterocycles. The van der Waals surface area contributed by atoms with E-state index >= 15 is 0 Å². The van der Waals surface area contributed by atoms with E-state index in [4.69, 9.17) is 0 Å². The lowest BCUT2D eigenvalue weighted by atomic mass is 10.0. The van der Waals surface area contributed by atoms with Crippen molar-refractivity contribution in [2.24, 2.45) is 0 Å². The van der Waals surface area contributed by atoms with Gasteiger partial charge in [-0.2, -0.15) is 0 Å². The highest BCUT2D eigenvalue weighted by Gasteiger charge is 2.37. The van der Waals surface area contributed by atoms with Crippen molar-refractivity contribution in [3.8, 4) is 0 Å². The fourth-order valence-corrected chi connectivity index (χ4v) is 2.91. The third-order valence-corrected chi connectivity index (χ3v) is 4.05. The molecule has 116 valence electrons. The molecular weight excluding hydrogens is 308 g/mol. The third kappa shape index (κ3) is 1.97. The van der Waals surface area contributed by atoms with Crippen LogP contribution in [0, 0.1) is 10.1 Å². The first-order chi connectivity index (χ1) is 11.6. The van der Waals surface area contributed by atoms with Gasteiger partial charge in [0.15, 0.2) is 0 Å². The van der Waals surface area contributed by atoms with Crippen molar-refractivity contribution < 1.29 is 14.5 Å². The smallest absolute Gasteiger partial charge is 0.268 e. The molecule has 6 nitrogen and oxygen atoms in total. The molecule has 3 aromatic carbocycles. The molecule has 1 heterocycles. The maximum absolute atomic E-state index is 12.7. The predicted molar refractivity (Wildman–Crippen MR) is 88.2 cm³/mol. The first-order valence-corrected chi connectivity index (χ1v) is 7.22. The summed E-state index contributed by atoms with van der Waals surface area (Å²) in [5.74, 6) is -0.942. The zero-order chi connectivity index (χ0) is 16.8. The van der Waals surface area contributed by atoms with E-state index in [0.29, 0.717) is 11.1 Å². The lowest BCUT2D eigenvalue weighted by molar-refractivity contribution is -0.384. The monoisotopic (exact) mass is 318 g/mol. The van der Waals surface area contributed by atoms with Gasteiger partial charge in [0, 0.05) is 12.1 Å². The molecule has 0 atom stereocenters. The summed E-state index contributed by atoms with van der Waals surface area (Å²) in [5.41, 5.74) is 0.643. The van der Waals surface area contributed by atoms with Crippen molar-refractivity contribution >= 4 is 34.0 Å². The fourth-order valence-electron chi connectivity index (χ4n) is 2.91. The van der Waals surface area contributed by atoms with Gasteiger partial charge in [0.25, 0.3) is 17.5 Å². The van der Waals surface area contributed by atoms with Crippen LogP contribution in [0.4, 0.5) is 11.4 Å². The highest BCUT2D eigenvalue weighted by Crippen LogP contribution is 2.32. The summed E-state index contributed by atoms with van der Waals surface area (Å²) in [6, 6.07) is 16.3. The van der Waals surface area contributed by atoms with Crippen molar-refractivity contribution in [1.82, 2.24) is 0 Å². The first-order valence-electron chi connectivity index (χ1n) is 7.22. The second kappa shape index (κ2) is 4.99. The van der Waals surface area contributed by atoms with E-state index in [0.717, 1.165) is 15.7 Å². The highest BCUT2D eigenvalue weighted by molar-refractivity contribution is 6.35. The normalized spacial score (nSPS) is 13.4. The van der Waals surface area contributed by atoms with Gasteiger partial charge in [-0.15, -0.1) is 0 Å². The van der Waals surface area contributed by atoms with Crippen LogP contribution >= 0.6 is 0 Å². The van der Waals surface area contributed by atoms with Crippen LogP contribution in [-0.2, 0) is 0 Å². The molecule has 2 amide bonds. The van der Waals surface area contributed by atoms with Gasteiger partial charge in [0.05, 0.1) is 21.7 Å². The van der Waals surface area contributed by atoms with Gasteiger partial charge >= 0.3 is 0 Å². The number of non-ortho nitro benzene ring substituents is 1. The predicted octanol–water partition coefficient (Wildman–Crippen LogP) is 3.55. The molecule has 1 aliphatic heterocycles. The van der Waals surface area contributed by atoms with Gasteiger partial charge in [0.1, 0.15) is 0 Å². The molecule has 24 heavy (non-hydrogen) atoms. The number of nitro groups is 1. The van der Waals surface area contributed by atoms with Crippen LogP contribution in [-0.4, -0.2) is 16.7 Å². The van der Waals surface area contributed by atoms with Crippen LogP contribution in [0.3, 0.4) is 0 Å². The Morgan fingerprint density at radius 3 is 1.92 bits per heavy atom. The molecule has 3 aromatic rings. The van der Waals surface area contributed by atoms with E-state index in [1.807, 2.05) is 24.3 Å². The molecule has 0 unspecified atom stereocenters. The summed E-state index contributed by atoms with van der Waals surface area (Å²) in [6.45, 7) is 0. The number of hydrogen-bond donors (Lipinski definition) is 0. The molecule has 0 saturated heterocycles. The average molecular weight is 318 g/mol. The average Bonchev–Trinajstić information content (AvgIpc) is 2.84. The third-order valence-electron chi connectivity index (χ3n) is 4.05. The Labute approximate surface area is 136 Å². The molecule has 0 N–H and O–H groups in total. The van der Waals surface area contributed by atoms with E-state index in [2.05, 4.69) is 0 Å². The van der Waals surface area contributed by atoms with Crippen molar-refractivity contribution in [3.05, 3.63) is 81.9 Å². The number of benzene rings is 3. The zero-order valence-electron chi connectivity index (χ0n) is 12.3. The van der Waals surface area contributed by atoms with Gasteiger partial charge in [-0.05, 0) is 29.0 Å². The minimum atomic E-state index is -0.560. The van der Waals surface area contributed by atoms with Crippen LogP contribution < -0.4 is 4.90 Å². The zero-order valence-corrected chi connectivity index (χ0v) is 12.3. The van der Waals surface area contributed by atoms with Crippen LogP contribution in [0.2, 0.25) is 0 Å². The molecule has 0 spiro atoms. The van der Waals surface area contributed by atoms with Crippen molar-refractivity contribution in [1.29, 1.82) is 0 Å². The lowest BCUT2D eigenvalue weighted by Gasteiger charge is -2.13. The van der Waals surface area contributed by atoms with Crippen LogP contribution in [0.5, 0.6) is 0 Å². The maximum Gasteiger partial charge on any atom is 0.271 e. The number of imide groups is 1. The number of fused-ring (bicyclic) bond motifs is 2. The van der Waals surface area contributed by atoms with Crippen molar-refractivity contribution in [2.75, 3.05) is 4.90 Å². The Balaban J connectivity index is 1.86. The van der Waals surface area contributed by atoms with Gasteiger partial charge in [-0.3, -0.25) is 19.7 Å². The number of rotatable bonds is 2. The van der Waals surface area contributed by atoms with E-state index in [1.165, 1.54) is 24.3 Å². The Morgan fingerprint density at radius 1 is 0.792 bits per heavy atom. The van der Waals surface area contributed by atoms with E-state index < -0.39 is 16.7 Å². The summed E-state index contributed by atoms with van der Waals surface area (Å²) < 4.78 is 0. The number of amides is 2. The second-order valence-electron chi connectivity index (χ2n) is 5.47. The van der Waals surface area contributed by atoms with Gasteiger partial charge in [0.2, 0.25) is 0 Å². The molecule has 4 rings (SSSR count). The molecule has 0 saturated carbocycles. The van der Waals surface area contributed by atoms with E-state index in [9.17, 15) is 19.7 Å². The second-order valence-corrected chi connectivity index (χ2v) is 5.47. The molecular formula is C18H10N2O4. The summed E-state index contributed by atoms with van der Waals surface area (Å²) in [5, 5.41) is 12.6. The Bertz CT molecular complexity index is 988. The number of hydrogen-bond acceptors (Lipinski definition) is 4. The highest BCUT2D eigenvalue weighted by atomic mass is 16.6. The first kappa shape index (κ1) is 14.1. The maximum atomic E-state index is 12.7. The molecule has 0 radical (unpaired) electrons. The van der Waals surface area contributed by atoms with Gasteiger partial charge in [-0.1, -0.05) is 30.3 Å². The quantitative estimate of drug-likeness (QED) is 0.411. The van der Waals surface area contributed by atoms with Crippen LogP contribution in [0.15, 0.2) is 60.7 Å². The van der Waals surface area contributed by atoms with Gasteiger partial charge in [-0.25, -0.2) is 4.90 Å². The van der Waals surface area contributed by atoms with Crippen LogP contribution in [0.25, 0.3) is 10.8 Å². The van der Waals surface area contributed by atoms with Gasteiger partial charge < -0.3 is 0 Å². The molecule has 0 aliphatic carbocycles. The molecule has 0 bridgehead atoms. The standard InChI is InChI=1S/C18H10N2O4/c21-17-15-8-11-4-1-2-5-12(11)9-16(15)18(22)19(17)13-6-3-7-14(10-13)20(23)24/h1-10H. The minimum Gasteiger partial charge on any atom is -0.268 e. The summed E-state index contributed by atoms with van der Waals surface area (Å²) >= 11 is 0. The summed E-state index contributed by atoms with van der Waals surface area (Å²) in [4.78, 5) is 36.7. The Morgan fingerprint density at radius 2 is 1.38 bits per heavy atom. The van der Waals surface area contributed by atoms with Crippen molar-refractivity contribution in [2.45, 2.75) is 0 Å². The minimum absolute atomic E-state index is 0.172. The molecule has 6 heteroatoms. The number of anilines is 1. The summed E-state index contributed by atoms with van der Waals surface area (Å²) in [7, 11) is 0. The SMILES string of the molecule is O=C1c2cc3ccccc3cc2C(=O)N1c1cccc([N+](=O)[O-])c1. The summed E-state index contributed by atoms with van der Waals surface area (Å²) in [6.07, 6.45) is 0. The molecule has 0 fully saturated rings. The topological polar surface area (TPSA) is 80.5 Å². The number of nitro benzene ring substituents is 1. The number of carbonyl (C=O) groups is 2.